The van der Waals surface area contributed by atoms with Gasteiger partial charge in [0.1, 0.15) is 5.75 Å². The van der Waals surface area contributed by atoms with Crippen LogP contribution in [-0.4, -0.2) is 27.1 Å². The second kappa shape index (κ2) is 7.19. The van der Waals surface area contributed by atoms with E-state index in [0.29, 0.717) is 22.9 Å². The molecule has 0 amide bonds. The molecule has 130 valence electrons. The number of carbonyl (C=O) groups is 1. The number of ether oxygens (including phenoxy) is 3. The molecular weight excluding hydrogens is 340 g/mol. The van der Waals surface area contributed by atoms with Crippen LogP contribution in [-0.2, 0) is 6.42 Å². The molecule has 0 unspecified atom stereocenters. The SMILES string of the molecule is COc1ccc2c(c1)CCC(=Cc1ccc(OC)c(OC)c1Cl)C2=O. The average Bonchev–Trinajstić information content (AvgIpc) is 2.64. The number of aryl methyl sites for hydroxylation is 1. The topological polar surface area (TPSA) is 44.8 Å². The Labute approximate surface area is 152 Å². The van der Waals surface area contributed by atoms with Crippen LogP contribution in [0.25, 0.3) is 6.08 Å². The fourth-order valence-corrected chi connectivity index (χ4v) is 3.31. The molecule has 0 radical (unpaired) electrons. The van der Waals surface area contributed by atoms with Gasteiger partial charge in [-0.3, -0.25) is 4.79 Å². The lowest BCUT2D eigenvalue weighted by Crippen LogP contribution is -2.14. The van der Waals surface area contributed by atoms with Crippen molar-refractivity contribution in [3.05, 3.63) is 57.6 Å². The van der Waals surface area contributed by atoms with Crippen LogP contribution in [0.5, 0.6) is 17.2 Å². The van der Waals surface area contributed by atoms with Crippen LogP contribution in [0.3, 0.4) is 0 Å². The zero-order chi connectivity index (χ0) is 18.0. The van der Waals surface area contributed by atoms with Gasteiger partial charge in [-0.05, 0) is 60.4 Å². The summed E-state index contributed by atoms with van der Waals surface area (Å²) in [6.07, 6.45) is 3.28. The van der Waals surface area contributed by atoms with Crippen LogP contribution in [0.2, 0.25) is 5.02 Å². The first-order chi connectivity index (χ1) is 12.1. The number of fused-ring (bicyclic) bond motifs is 1. The highest BCUT2D eigenvalue weighted by atomic mass is 35.5. The van der Waals surface area contributed by atoms with Gasteiger partial charge < -0.3 is 14.2 Å². The first-order valence-electron chi connectivity index (χ1n) is 7.91. The molecule has 5 heteroatoms. The fraction of sp³-hybridized carbons (Fsp3) is 0.250. The Morgan fingerprint density at radius 2 is 1.80 bits per heavy atom. The zero-order valence-corrected chi connectivity index (χ0v) is 15.1. The Morgan fingerprint density at radius 3 is 2.48 bits per heavy atom. The van der Waals surface area contributed by atoms with Gasteiger partial charge in [0.25, 0.3) is 0 Å². The van der Waals surface area contributed by atoms with E-state index in [-0.39, 0.29) is 5.78 Å². The molecule has 0 aliphatic heterocycles. The highest BCUT2D eigenvalue weighted by Gasteiger charge is 2.23. The number of rotatable bonds is 4. The van der Waals surface area contributed by atoms with Gasteiger partial charge in [-0.2, -0.15) is 0 Å². The summed E-state index contributed by atoms with van der Waals surface area (Å²) in [6, 6.07) is 9.16. The summed E-state index contributed by atoms with van der Waals surface area (Å²) >= 11 is 6.42. The highest BCUT2D eigenvalue weighted by Crippen LogP contribution is 2.39. The number of halogens is 1. The van der Waals surface area contributed by atoms with Gasteiger partial charge in [-0.25, -0.2) is 0 Å². The third-order valence-corrected chi connectivity index (χ3v) is 4.75. The number of allylic oxidation sites excluding steroid dienone is 1. The maximum absolute atomic E-state index is 12.8. The predicted octanol–water partition coefficient (Wildman–Crippen LogP) is 4.58. The molecule has 0 atom stereocenters. The molecule has 2 aromatic carbocycles. The van der Waals surface area contributed by atoms with Gasteiger partial charge >= 0.3 is 0 Å². The summed E-state index contributed by atoms with van der Waals surface area (Å²) in [7, 11) is 4.72. The van der Waals surface area contributed by atoms with E-state index in [0.717, 1.165) is 34.4 Å². The second-order valence-corrected chi connectivity index (χ2v) is 6.10. The van der Waals surface area contributed by atoms with Gasteiger partial charge in [0.05, 0.1) is 26.4 Å². The number of ketones is 1. The third kappa shape index (κ3) is 3.22. The largest absolute Gasteiger partial charge is 0.497 e. The Balaban J connectivity index is 1.99. The van der Waals surface area contributed by atoms with Crippen LogP contribution >= 0.6 is 11.6 Å². The number of hydrogen-bond donors (Lipinski definition) is 0. The summed E-state index contributed by atoms with van der Waals surface area (Å²) in [4.78, 5) is 12.8. The van der Waals surface area contributed by atoms with Crippen LogP contribution in [0, 0.1) is 0 Å². The molecule has 0 saturated heterocycles. The van der Waals surface area contributed by atoms with E-state index in [1.165, 1.54) is 7.11 Å². The zero-order valence-electron chi connectivity index (χ0n) is 14.4. The van der Waals surface area contributed by atoms with Crippen molar-refractivity contribution in [1.82, 2.24) is 0 Å². The van der Waals surface area contributed by atoms with E-state index in [1.807, 2.05) is 30.3 Å². The van der Waals surface area contributed by atoms with E-state index in [4.69, 9.17) is 25.8 Å². The van der Waals surface area contributed by atoms with Gasteiger partial charge in [-0.1, -0.05) is 11.6 Å². The van der Waals surface area contributed by atoms with Crippen molar-refractivity contribution in [3.63, 3.8) is 0 Å². The minimum Gasteiger partial charge on any atom is -0.497 e. The highest BCUT2D eigenvalue weighted by molar-refractivity contribution is 6.34. The van der Waals surface area contributed by atoms with Crippen molar-refractivity contribution >= 4 is 23.5 Å². The van der Waals surface area contributed by atoms with Gasteiger partial charge in [-0.15, -0.1) is 0 Å². The molecule has 1 aliphatic carbocycles. The molecule has 4 nitrogen and oxygen atoms in total. The second-order valence-electron chi connectivity index (χ2n) is 5.73. The smallest absolute Gasteiger partial charge is 0.189 e. The van der Waals surface area contributed by atoms with Crippen molar-refractivity contribution in [1.29, 1.82) is 0 Å². The first kappa shape index (κ1) is 17.4. The Hall–Kier alpha value is -2.46. The number of carbonyl (C=O) groups excluding carboxylic acids is 1. The molecule has 0 N–H and O–H groups in total. The number of benzene rings is 2. The van der Waals surface area contributed by atoms with Gasteiger partial charge in [0.2, 0.25) is 0 Å². The number of methoxy groups -OCH3 is 3. The normalized spacial score (nSPS) is 15.0. The molecule has 0 saturated carbocycles. The predicted molar refractivity (Wildman–Crippen MR) is 98.2 cm³/mol. The quantitative estimate of drug-likeness (QED) is 0.750. The molecule has 0 spiro atoms. The molecule has 2 aromatic rings. The van der Waals surface area contributed by atoms with Crippen molar-refractivity contribution in [2.24, 2.45) is 0 Å². The standard InChI is InChI=1S/C20H19ClO4/c1-23-15-7-8-16-12(11-15)4-5-14(19(16)22)10-13-6-9-17(24-2)20(25-3)18(13)21/h6-11H,4-5H2,1-3H3. The maximum Gasteiger partial charge on any atom is 0.189 e. The Morgan fingerprint density at radius 1 is 1.00 bits per heavy atom. The molecule has 0 aromatic heterocycles. The summed E-state index contributed by atoms with van der Waals surface area (Å²) < 4.78 is 15.8. The lowest BCUT2D eigenvalue weighted by molar-refractivity contribution is 0.102. The van der Waals surface area contributed by atoms with E-state index in [2.05, 4.69) is 0 Å². The van der Waals surface area contributed by atoms with Crippen LogP contribution in [0.1, 0.15) is 27.9 Å². The molecular formula is C20H19ClO4. The minimum absolute atomic E-state index is 0.0229. The first-order valence-corrected chi connectivity index (χ1v) is 8.29. The van der Waals surface area contributed by atoms with Crippen molar-refractivity contribution in [3.8, 4) is 17.2 Å². The van der Waals surface area contributed by atoms with Crippen molar-refractivity contribution in [2.75, 3.05) is 21.3 Å². The average molecular weight is 359 g/mol. The number of Topliss-reactive ketones (excluding diaryl/α,β-unsaturated/α-hetero) is 1. The monoisotopic (exact) mass is 358 g/mol. The van der Waals surface area contributed by atoms with E-state index in [1.54, 1.807) is 20.3 Å². The molecule has 1 aliphatic rings. The van der Waals surface area contributed by atoms with Crippen LogP contribution in [0.15, 0.2) is 35.9 Å². The van der Waals surface area contributed by atoms with Gasteiger partial charge in [0, 0.05) is 11.1 Å². The Kier molecular flexibility index (Phi) is 5.00. The maximum atomic E-state index is 12.8. The summed E-state index contributed by atoms with van der Waals surface area (Å²) in [6.45, 7) is 0. The van der Waals surface area contributed by atoms with Crippen LogP contribution < -0.4 is 14.2 Å². The lowest BCUT2D eigenvalue weighted by Gasteiger charge is -2.19. The van der Waals surface area contributed by atoms with Crippen LogP contribution in [0.4, 0.5) is 0 Å². The van der Waals surface area contributed by atoms with Gasteiger partial charge in [0.15, 0.2) is 17.3 Å². The van der Waals surface area contributed by atoms with Crippen molar-refractivity contribution < 1.29 is 19.0 Å². The van der Waals surface area contributed by atoms with Crippen molar-refractivity contribution in [2.45, 2.75) is 12.8 Å². The van der Waals surface area contributed by atoms with E-state index >= 15 is 0 Å². The van der Waals surface area contributed by atoms with E-state index < -0.39 is 0 Å². The summed E-state index contributed by atoms with van der Waals surface area (Å²) in [5, 5.41) is 0.433. The van der Waals surface area contributed by atoms with E-state index in [9.17, 15) is 4.79 Å². The molecule has 0 heterocycles. The fourth-order valence-electron chi connectivity index (χ4n) is 3.02. The molecule has 25 heavy (non-hydrogen) atoms. The third-order valence-electron chi connectivity index (χ3n) is 4.36. The molecule has 3 rings (SSSR count). The Bertz CT molecular complexity index is 855. The molecule has 0 bridgehead atoms. The summed E-state index contributed by atoms with van der Waals surface area (Å²) in [5.41, 5.74) is 3.20. The minimum atomic E-state index is 0.0229. The summed E-state index contributed by atoms with van der Waals surface area (Å²) in [5.74, 6) is 1.81. The lowest BCUT2D eigenvalue weighted by atomic mass is 9.86. The number of hydrogen-bond acceptors (Lipinski definition) is 4. The molecule has 0 fully saturated rings.